The maximum atomic E-state index is 5.41. The fourth-order valence-electron chi connectivity index (χ4n) is 2.75. The number of hydrogen-bond acceptors (Lipinski definition) is 1. The van der Waals surface area contributed by atoms with Crippen LogP contribution < -0.4 is 0 Å². The van der Waals surface area contributed by atoms with Gasteiger partial charge in [-0.2, -0.15) is 0 Å². The first kappa shape index (κ1) is 11.4. The molecule has 0 radical (unpaired) electrons. The van der Waals surface area contributed by atoms with Crippen LogP contribution in [-0.4, -0.2) is 13.2 Å². The summed E-state index contributed by atoms with van der Waals surface area (Å²) in [6.07, 6.45) is 13.7. The van der Waals surface area contributed by atoms with Crippen molar-refractivity contribution in [3.8, 4) is 0 Å². The van der Waals surface area contributed by atoms with Crippen LogP contribution in [0.15, 0.2) is 22.7 Å². The second-order valence-corrected chi connectivity index (χ2v) is 5.54. The zero-order chi connectivity index (χ0) is 10.7. The van der Waals surface area contributed by atoms with E-state index in [0.717, 1.165) is 11.8 Å². The van der Waals surface area contributed by atoms with Crippen LogP contribution in [0, 0.1) is 11.8 Å². The van der Waals surface area contributed by atoms with Gasteiger partial charge in [0.15, 0.2) is 0 Å². The zero-order valence-corrected chi connectivity index (χ0v) is 10.9. The third kappa shape index (κ3) is 2.94. The Hall–Kier alpha value is -0.0800. The zero-order valence-electron chi connectivity index (χ0n) is 9.29. The summed E-state index contributed by atoms with van der Waals surface area (Å²) in [7, 11) is 1.84. The van der Waals surface area contributed by atoms with Crippen LogP contribution in [0.2, 0.25) is 0 Å². The molecule has 2 aliphatic rings. The van der Waals surface area contributed by atoms with Gasteiger partial charge < -0.3 is 4.74 Å². The highest BCUT2D eigenvalue weighted by Gasteiger charge is 2.26. The predicted molar refractivity (Wildman–Crippen MR) is 67.0 cm³/mol. The first-order valence-electron chi connectivity index (χ1n) is 5.86. The molecule has 0 N–H and O–H groups in total. The highest BCUT2D eigenvalue weighted by Crippen LogP contribution is 2.36. The van der Waals surface area contributed by atoms with E-state index in [1.54, 1.807) is 0 Å². The van der Waals surface area contributed by atoms with Crippen molar-refractivity contribution in [1.82, 2.24) is 0 Å². The van der Waals surface area contributed by atoms with Crippen LogP contribution >= 0.6 is 15.9 Å². The average molecular weight is 271 g/mol. The van der Waals surface area contributed by atoms with Gasteiger partial charge in [-0.15, -0.1) is 0 Å². The van der Waals surface area contributed by atoms with Gasteiger partial charge >= 0.3 is 0 Å². The number of allylic oxidation sites excluding steroid dienone is 4. The van der Waals surface area contributed by atoms with Crippen molar-refractivity contribution in [2.45, 2.75) is 38.2 Å². The monoisotopic (exact) mass is 270 g/mol. The lowest BCUT2D eigenvalue weighted by molar-refractivity contribution is 0.0503. The van der Waals surface area contributed by atoms with Gasteiger partial charge in [-0.1, -0.05) is 34.2 Å². The molecule has 0 spiro atoms. The maximum Gasteiger partial charge on any atom is 0.0571 e. The minimum absolute atomic E-state index is 0.521. The summed E-state index contributed by atoms with van der Waals surface area (Å²) in [5.74, 6) is 1.62. The maximum absolute atomic E-state index is 5.41. The molecule has 2 heteroatoms. The molecule has 15 heavy (non-hydrogen) atoms. The van der Waals surface area contributed by atoms with E-state index in [4.69, 9.17) is 4.74 Å². The van der Waals surface area contributed by atoms with Crippen molar-refractivity contribution in [2.75, 3.05) is 7.11 Å². The third-order valence-corrected chi connectivity index (χ3v) is 4.24. The van der Waals surface area contributed by atoms with E-state index < -0.39 is 0 Å². The lowest BCUT2D eigenvalue weighted by Crippen LogP contribution is -2.25. The Balaban J connectivity index is 1.88. The van der Waals surface area contributed by atoms with Gasteiger partial charge in [0.1, 0.15) is 0 Å². The molecule has 0 bridgehead atoms. The molecule has 1 unspecified atom stereocenters. The summed E-state index contributed by atoms with van der Waals surface area (Å²) in [5.41, 5.74) is 0. The minimum Gasteiger partial charge on any atom is -0.381 e. The molecule has 84 valence electrons. The van der Waals surface area contributed by atoms with Gasteiger partial charge in [0, 0.05) is 11.6 Å². The van der Waals surface area contributed by atoms with Gasteiger partial charge in [-0.25, -0.2) is 0 Å². The fourth-order valence-corrected chi connectivity index (χ4v) is 3.27. The first-order chi connectivity index (χ1) is 7.29. The van der Waals surface area contributed by atoms with Crippen LogP contribution in [-0.2, 0) is 4.74 Å². The van der Waals surface area contributed by atoms with Crippen LogP contribution in [0.5, 0.6) is 0 Å². The standard InChI is InChI=1S/C13H19BrO/c1-15-13-7-5-10(6-8-13)11-3-2-4-12(14)9-11/h2,4,9-11,13H,3,5-8H2,1H3. The third-order valence-electron chi connectivity index (χ3n) is 3.72. The first-order valence-corrected chi connectivity index (χ1v) is 6.65. The summed E-state index contributed by atoms with van der Waals surface area (Å²) in [4.78, 5) is 0. The van der Waals surface area contributed by atoms with E-state index in [2.05, 4.69) is 34.2 Å². The molecule has 0 heterocycles. The smallest absolute Gasteiger partial charge is 0.0571 e. The van der Waals surface area contributed by atoms with Crippen LogP contribution in [0.4, 0.5) is 0 Å². The fraction of sp³-hybridized carbons (Fsp3) is 0.692. The molecule has 1 nitrogen and oxygen atoms in total. The number of ether oxygens (including phenoxy) is 1. The summed E-state index contributed by atoms with van der Waals surface area (Å²) in [6, 6.07) is 0. The highest BCUT2D eigenvalue weighted by molar-refractivity contribution is 9.11. The molecule has 2 aliphatic carbocycles. The Kier molecular flexibility index (Phi) is 4.04. The van der Waals surface area contributed by atoms with Gasteiger partial charge in [0.25, 0.3) is 0 Å². The van der Waals surface area contributed by atoms with Gasteiger partial charge in [-0.3, -0.25) is 0 Å². The summed E-state index contributed by atoms with van der Waals surface area (Å²) in [5, 5.41) is 0. The largest absolute Gasteiger partial charge is 0.381 e. The molecule has 0 saturated heterocycles. The van der Waals surface area contributed by atoms with Crippen molar-refractivity contribution in [3.05, 3.63) is 22.7 Å². The molecule has 0 aromatic heterocycles. The van der Waals surface area contributed by atoms with E-state index in [1.807, 2.05) is 7.11 Å². The van der Waals surface area contributed by atoms with Crippen molar-refractivity contribution in [2.24, 2.45) is 11.8 Å². The van der Waals surface area contributed by atoms with E-state index in [1.165, 1.54) is 36.6 Å². The summed E-state index contributed by atoms with van der Waals surface area (Å²) in [6.45, 7) is 0. The normalized spacial score (nSPS) is 36.4. The molecular formula is C13H19BrO. The van der Waals surface area contributed by atoms with Crippen molar-refractivity contribution in [3.63, 3.8) is 0 Å². The Bertz CT molecular complexity index is 262. The van der Waals surface area contributed by atoms with Crippen LogP contribution in [0.3, 0.4) is 0 Å². The summed E-state index contributed by atoms with van der Waals surface area (Å²) >= 11 is 3.57. The number of methoxy groups -OCH3 is 1. The molecule has 0 aromatic carbocycles. The number of halogens is 1. The van der Waals surface area contributed by atoms with Gasteiger partial charge in [-0.05, 0) is 43.9 Å². The highest BCUT2D eigenvalue weighted by atomic mass is 79.9. The predicted octanol–water partition coefficient (Wildman–Crippen LogP) is 4.05. The van der Waals surface area contributed by atoms with E-state index in [-0.39, 0.29) is 0 Å². The molecule has 0 aromatic rings. The van der Waals surface area contributed by atoms with Crippen LogP contribution in [0.25, 0.3) is 0 Å². The average Bonchev–Trinajstić information content (AvgIpc) is 2.29. The number of rotatable bonds is 2. The van der Waals surface area contributed by atoms with E-state index in [9.17, 15) is 0 Å². The Morgan fingerprint density at radius 3 is 2.60 bits per heavy atom. The molecular weight excluding hydrogens is 252 g/mol. The summed E-state index contributed by atoms with van der Waals surface area (Å²) < 4.78 is 6.67. The second kappa shape index (κ2) is 5.31. The van der Waals surface area contributed by atoms with Crippen molar-refractivity contribution >= 4 is 15.9 Å². The SMILES string of the molecule is COC1CCC(C2C=C(Br)C=CC2)CC1. The van der Waals surface area contributed by atoms with E-state index in [0.29, 0.717) is 6.10 Å². The van der Waals surface area contributed by atoms with Crippen molar-refractivity contribution in [1.29, 1.82) is 0 Å². The van der Waals surface area contributed by atoms with Crippen molar-refractivity contribution < 1.29 is 4.74 Å². The molecule has 0 aliphatic heterocycles. The quantitative estimate of drug-likeness (QED) is 0.736. The Morgan fingerprint density at radius 1 is 1.27 bits per heavy atom. The second-order valence-electron chi connectivity index (χ2n) is 4.63. The number of hydrogen-bond donors (Lipinski definition) is 0. The lowest BCUT2D eigenvalue weighted by atomic mass is 9.76. The van der Waals surface area contributed by atoms with E-state index >= 15 is 0 Å². The molecule has 0 amide bonds. The Labute approximate surface area is 101 Å². The minimum atomic E-state index is 0.521. The molecule has 1 saturated carbocycles. The molecule has 1 atom stereocenters. The Morgan fingerprint density at radius 2 is 2.00 bits per heavy atom. The molecule has 1 fully saturated rings. The topological polar surface area (TPSA) is 9.23 Å². The lowest BCUT2D eigenvalue weighted by Gasteiger charge is -2.32. The van der Waals surface area contributed by atoms with Gasteiger partial charge in [0.2, 0.25) is 0 Å². The van der Waals surface area contributed by atoms with Gasteiger partial charge in [0.05, 0.1) is 6.10 Å². The molecule has 2 rings (SSSR count). The van der Waals surface area contributed by atoms with Crippen LogP contribution in [0.1, 0.15) is 32.1 Å².